The van der Waals surface area contributed by atoms with Gasteiger partial charge in [-0.25, -0.2) is 0 Å². The Morgan fingerprint density at radius 3 is 2.26 bits per heavy atom. The van der Waals surface area contributed by atoms with Crippen molar-refractivity contribution in [1.82, 2.24) is 10.2 Å². The van der Waals surface area contributed by atoms with Crippen molar-refractivity contribution in [3.05, 3.63) is 47.0 Å². The summed E-state index contributed by atoms with van der Waals surface area (Å²) in [4.78, 5) is 41.1. The summed E-state index contributed by atoms with van der Waals surface area (Å²) in [7, 11) is 4.28. The third-order valence-corrected chi connectivity index (χ3v) is 15.5. The summed E-state index contributed by atoms with van der Waals surface area (Å²) in [5.41, 5.74) is 3.19. The Labute approximate surface area is 327 Å². The molecule has 8 unspecified atom stereocenters. The predicted octanol–water partition coefficient (Wildman–Crippen LogP) is 10.1. The van der Waals surface area contributed by atoms with Crippen LogP contribution < -0.4 is 5.32 Å². The molecule has 0 aliphatic heterocycles. The molecule has 2 N–H and O–H groups in total. The number of Topliss-reactive ketones (excluding diaryl/α,β-unsaturated/α-hetero) is 1. The summed E-state index contributed by atoms with van der Waals surface area (Å²) in [6.07, 6.45) is 11.3. The van der Waals surface area contributed by atoms with E-state index in [0.717, 1.165) is 57.2 Å². The molecule has 0 aromatic heterocycles. The number of aliphatic carboxylic acids is 1. The zero-order chi connectivity index (χ0) is 39.9. The van der Waals surface area contributed by atoms with E-state index in [9.17, 15) is 19.5 Å². The number of carboxylic acid groups (broad SMARTS) is 1. The number of esters is 1. The van der Waals surface area contributed by atoms with Gasteiger partial charge in [0.2, 0.25) is 0 Å². The van der Waals surface area contributed by atoms with E-state index in [2.05, 4.69) is 103 Å². The van der Waals surface area contributed by atoms with Gasteiger partial charge in [0.1, 0.15) is 6.10 Å². The Morgan fingerprint density at radius 2 is 1.65 bits per heavy atom. The molecule has 3 fully saturated rings. The molecule has 3 saturated carbocycles. The highest BCUT2D eigenvalue weighted by molar-refractivity contribution is 6.00. The van der Waals surface area contributed by atoms with Crippen molar-refractivity contribution >= 4 is 17.7 Å². The van der Waals surface area contributed by atoms with Gasteiger partial charge in [0.25, 0.3) is 0 Å². The minimum atomic E-state index is -1.15. The molecule has 0 heterocycles. The highest BCUT2D eigenvalue weighted by Gasteiger charge is 2.66. The summed E-state index contributed by atoms with van der Waals surface area (Å²) >= 11 is 0. The van der Waals surface area contributed by atoms with E-state index in [1.807, 2.05) is 0 Å². The van der Waals surface area contributed by atoms with Crippen molar-refractivity contribution < 1.29 is 24.2 Å². The lowest BCUT2D eigenvalue weighted by molar-refractivity contribution is -0.173. The number of carboxylic acids is 1. The Bertz CT molecular complexity index is 1550. The van der Waals surface area contributed by atoms with Gasteiger partial charge < -0.3 is 20.1 Å². The van der Waals surface area contributed by atoms with Crippen LogP contribution in [0.1, 0.15) is 151 Å². The van der Waals surface area contributed by atoms with E-state index < -0.39 is 17.4 Å². The van der Waals surface area contributed by atoms with Crippen LogP contribution in [0.5, 0.6) is 0 Å². The minimum Gasteiger partial charge on any atom is -0.481 e. The van der Waals surface area contributed by atoms with Gasteiger partial charge in [-0.15, -0.1) is 0 Å². The molecule has 8 atom stereocenters. The number of allylic oxidation sites excluding steroid dienone is 2. The molecular weight excluding hydrogens is 673 g/mol. The molecule has 1 aromatic carbocycles. The fraction of sp³-hybridized carbons (Fsp3) is 0.766. The number of fused-ring (bicyclic) bond motifs is 5. The minimum absolute atomic E-state index is 0.0576. The maximum atomic E-state index is 14.1. The number of rotatable bonds is 16. The van der Waals surface area contributed by atoms with Crippen molar-refractivity contribution in [3.8, 4) is 0 Å². The van der Waals surface area contributed by atoms with Gasteiger partial charge >= 0.3 is 11.9 Å². The summed E-state index contributed by atoms with van der Waals surface area (Å²) in [5.74, 6) is 0.372. The first-order chi connectivity index (χ1) is 25.2. The number of ether oxygens (including phenoxy) is 1. The zero-order valence-electron chi connectivity index (χ0n) is 35.8. The number of nitrogens with zero attached hydrogens (tertiary/aromatic N) is 1. The molecule has 54 heavy (non-hydrogen) atoms. The summed E-state index contributed by atoms with van der Waals surface area (Å²) in [6, 6.07) is 11.0. The number of ketones is 1. The van der Waals surface area contributed by atoms with Crippen molar-refractivity contribution in [2.45, 2.75) is 152 Å². The second kappa shape index (κ2) is 16.2. The van der Waals surface area contributed by atoms with Gasteiger partial charge in [-0.1, -0.05) is 90.8 Å². The van der Waals surface area contributed by atoms with Crippen LogP contribution in [-0.2, 0) is 19.1 Å². The summed E-state index contributed by atoms with van der Waals surface area (Å²) < 4.78 is 6.05. The van der Waals surface area contributed by atoms with E-state index in [1.54, 1.807) is 19.4 Å². The number of likely N-dealkylation sites (N-methyl/N-ethyl adjacent to an activating group) is 1. The van der Waals surface area contributed by atoms with Gasteiger partial charge in [0.15, 0.2) is 5.78 Å². The number of hydrogen-bond acceptors (Lipinski definition) is 6. The molecule has 0 bridgehead atoms. The molecule has 0 radical (unpaired) electrons. The smallest absolute Gasteiger partial charge is 0.309 e. The Balaban J connectivity index is 1.37. The van der Waals surface area contributed by atoms with E-state index in [4.69, 9.17) is 4.74 Å². The molecule has 4 aliphatic rings. The normalized spacial score (nSPS) is 32.4. The van der Waals surface area contributed by atoms with Crippen LogP contribution >= 0.6 is 0 Å². The highest BCUT2D eigenvalue weighted by atomic mass is 16.5. The number of nitrogens with one attached hydrogen (secondary N) is 1. The largest absolute Gasteiger partial charge is 0.481 e. The molecule has 4 aliphatic carbocycles. The lowest BCUT2D eigenvalue weighted by atomic mass is 9.36. The van der Waals surface area contributed by atoms with E-state index in [-0.39, 0.29) is 52.1 Å². The van der Waals surface area contributed by atoms with Gasteiger partial charge in [-0.2, -0.15) is 0 Å². The van der Waals surface area contributed by atoms with E-state index in [0.29, 0.717) is 24.0 Å². The number of hydrogen-bond donors (Lipinski definition) is 2. The lowest BCUT2D eigenvalue weighted by Gasteiger charge is -2.68. The average molecular weight is 747 g/mol. The molecule has 7 nitrogen and oxygen atoms in total. The fourth-order valence-electron chi connectivity index (χ4n) is 12.3. The average Bonchev–Trinajstić information content (AvgIpc) is 3.38. The predicted molar refractivity (Wildman–Crippen MR) is 218 cm³/mol. The molecular formula is C47H74N2O5. The van der Waals surface area contributed by atoms with Crippen LogP contribution in [0.25, 0.3) is 0 Å². The Hall–Kier alpha value is -2.51. The van der Waals surface area contributed by atoms with Crippen LogP contribution in [0.2, 0.25) is 0 Å². The van der Waals surface area contributed by atoms with Crippen LogP contribution in [-0.4, -0.2) is 61.0 Å². The highest BCUT2D eigenvalue weighted by Crippen LogP contribution is 2.74. The molecule has 5 rings (SSSR count). The molecule has 1 aromatic rings. The van der Waals surface area contributed by atoms with Crippen LogP contribution in [0, 0.1) is 50.7 Å². The van der Waals surface area contributed by atoms with Crippen LogP contribution in [0.3, 0.4) is 0 Å². The Kier molecular flexibility index (Phi) is 12.8. The number of carbonyl (C=O) groups is 3. The monoisotopic (exact) mass is 747 g/mol. The fourth-order valence-corrected chi connectivity index (χ4v) is 12.3. The summed E-state index contributed by atoms with van der Waals surface area (Å²) in [6.45, 7) is 21.4. The second-order valence-electron chi connectivity index (χ2n) is 20.5. The van der Waals surface area contributed by atoms with Crippen molar-refractivity contribution in [3.63, 3.8) is 0 Å². The van der Waals surface area contributed by atoms with E-state index >= 15 is 0 Å². The SMILES string of the molecule is CC(C)C1=C2C3CCC4C(C)(CCC(OC(=O)CC(C)(C)C(=O)O)C(C)C)CCCC4(C)C3(C)CCC2(CCNC(CN(C)C)c2ccccc2)CC1=O. The first-order valence-corrected chi connectivity index (χ1v) is 21.3. The van der Waals surface area contributed by atoms with E-state index in [1.165, 1.54) is 31.2 Å². The number of benzene rings is 1. The van der Waals surface area contributed by atoms with Crippen molar-refractivity contribution in [2.75, 3.05) is 27.2 Å². The van der Waals surface area contributed by atoms with Gasteiger partial charge in [-0.3, -0.25) is 14.4 Å². The molecule has 0 spiro atoms. The topological polar surface area (TPSA) is 95.9 Å². The maximum absolute atomic E-state index is 14.1. The third-order valence-electron chi connectivity index (χ3n) is 15.5. The lowest BCUT2D eigenvalue weighted by Crippen LogP contribution is -2.60. The first kappa shape index (κ1) is 42.6. The van der Waals surface area contributed by atoms with Gasteiger partial charge in [0.05, 0.1) is 11.8 Å². The zero-order valence-corrected chi connectivity index (χ0v) is 35.8. The van der Waals surface area contributed by atoms with Gasteiger partial charge in [0, 0.05) is 24.4 Å². The second-order valence-corrected chi connectivity index (χ2v) is 20.5. The first-order valence-electron chi connectivity index (χ1n) is 21.3. The maximum Gasteiger partial charge on any atom is 0.309 e. The molecule has 302 valence electrons. The van der Waals surface area contributed by atoms with Crippen LogP contribution in [0.15, 0.2) is 41.5 Å². The van der Waals surface area contributed by atoms with Crippen LogP contribution in [0.4, 0.5) is 0 Å². The molecule has 7 heteroatoms. The van der Waals surface area contributed by atoms with Gasteiger partial charge in [-0.05, 0) is 143 Å². The third kappa shape index (κ3) is 8.15. The Morgan fingerprint density at radius 1 is 0.963 bits per heavy atom. The standard InChI is InChI=1S/C47H74N2O5/c1-31(2)37(54-39(51)29-43(5,6)42(52)53)20-23-44(7)21-15-22-46(9)38(44)19-18-34-41-40(32(3)4)36(50)28-47(41,25-24-45(34,46)8)26-27-48-35(30-49(10)11)33-16-13-12-14-17-33/h12-14,16-17,31-32,34-35,37-38,48H,15,18-30H2,1-11H3,(H,52,53). The summed E-state index contributed by atoms with van der Waals surface area (Å²) in [5, 5.41) is 13.5. The van der Waals surface area contributed by atoms with Crippen molar-refractivity contribution in [1.29, 1.82) is 0 Å². The van der Waals surface area contributed by atoms with Crippen molar-refractivity contribution in [2.24, 2.45) is 50.7 Å². The molecule has 0 amide bonds. The molecule has 0 saturated heterocycles. The quantitative estimate of drug-likeness (QED) is 0.163. The number of carbonyl (C=O) groups excluding carboxylic acids is 2.